The Kier molecular flexibility index (Phi) is 65.6. The van der Waals surface area contributed by atoms with Gasteiger partial charge >= 0.3 is 17.9 Å². The average Bonchev–Trinajstić information content (AvgIpc) is 3.45. The van der Waals surface area contributed by atoms with Crippen molar-refractivity contribution in [1.82, 2.24) is 0 Å². The molecule has 0 bridgehead atoms. The molecule has 1 atom stereocenters. The Morgan fingerprint density at radius 3 is 0.722 bits per heavy atom. The Bertz CT molecular complexity index is 1360. The second-order valence-corrected chi connectivity index (χ2v) is 23.8. The van der Waals surface area contributed by atoms with Gasteiger partial charge in [0.05, 0.1) is 0 Å². The minimum atomic E-state index is -0.777. The van der Waals surface area contributed by atoms with E-state index in [1.807, 2.05) is 0 Å². The van der Waals surface area contributed by atoms with Crippen LogP contribution < -0.4 is 0 Å². The van der Waals surface area contributed by atoms with Crippen molar-refractivity contribution in [3.63, 3.8) is 0 Å². The molecule has 0 fully saturated rings. The lowest BCUT2D eigenvalue weighted by Gasteiger charge is -2.18. The minimum absolute atomic E-state index is 0.0733. The maximum Gasteiger partial charge on any atom is 0.306 e. The van der Waals surface area contributed by atoms with E-state index in [2.05, 4.69) is 69.4 Å². The van der Waals surface area contributed by atoms with Gasteiger partial charge in [-0.05, 0) is 103 Å². The van der Waals surface area contributed by atoms with Gasteiger partial charge in [0.2, 0.25) is 0 Å². The molecule has 0 saturated carbocycles. The number of hydrogen-bond donors (Lipinski definition) is 0. The first-order chi connectivity index (χ1) is 39.0. The van der Waals surface area contributed by atoms with Crippen LogP contribution in [0.15, 0.2) is 48.6 Å². The fourth-order valence-corrected chi connectivity index (χ4v) is 10.5. The van der Waals surface area contributed by atoms with Crippen LogP contribution >= 0.6 is 0 Å². The summed E-state index contributed by atoms with van der Waals surface area (Å²) in [6.45, 7) is 6.66. The van der Waals surface area contributed by atoms with E-state index in [4.69, 9.17) is 14.2 Å². The van der Waals surface area contributed by atoms with Crippen molar-refractivity contribution in [1.29, 1.82) is 0 Å². The zero-order chi connectivity index (χ0) is 57.1. The number of allylic oxidation sites excluding steroid dienone is 8. The Morgan fingerprint density at radius 2 is 0.456 bits per heavy atom. The van der Waals surface area contributed by atoms with Crippen molar-refractivity contribution >= 4 is 17.9 Å². The summed E-state index contributed by atoms with van der Waals surface area (Å²) in [6.07, 6.45) is 85.7. The molecule has 0 N–H and O–H groups in total. The van der Waals surface area contributed by atoms with Gasteiger partial charge in [-0.2, -0.15) is 0 Å². The van der Waals surface area contributed by atoms with Crippen molar-refractivity contribution in [2.75, 3.05) is 13.2 Å². The van der Waals surface area contributed by atoms with Crippen LogP contribution in [0.5, 0.6) is 0 Å². The van der Waals surface area contributed by atoms with E-state index in [9.17, 15) is 14.4 Å². The zero-order valence-corrected chi connectivity index (χ0v) is 53.2. The smallest absolute Gasteiger partial charge is 0.306 e. The second-order valence-electron chi connectivity index (χ2n) is 23.8. The summed E-state index contributed by atoms with van der Waals surface area (Å²) >= 11 is 0. The highest BCUT2D eigenvalue weighted by Crippen LogP contribution is 2.18. The molecule has 0 amide bonds. The molecule has 0 rings (SSSR count). The first-order valence-electron chi connectivity index (χ1n) is 35.1. The summed E-state index contributed by atoms with van der Waals surface area (Å²) in [5, 5.41) is 0. The molecule has 6 nitrogen and oxygen atoms in total. The summed E-state index contributed by atoms with van der Waals surface area (Å²) in [7, 11) is 0. The van der Waals surface area contributed by atoms with Crippen molar-refractivity contribution in [2.45, 2.75) is 386 Å². The fraction of sp³-hybridized carbons (Fsp3) is 0.849. The standard InChI is InChI=1S/C73H134O6/c1-4-7-10-13-16-19-22-25-27-29-30-31-32-33-34-35-36-37-38-39-40-41-42-44-45-48-51-54-57-60-63-66-72(75)78-69-70(68-77-71(74)65-62-59-56-53-50-47-24-21-18-15-12-9-6-3)79-73(76)67-64-61-58-55-52-49-46-43-28-26-23-20-17-14-11-8-5-2/h21-22,24-26,28-30,70H,4-20,23,27,31-69H2,1-3H3/b24-21-,25-22-,28-26-,30-29-. The monoisotopic (exact) mass is 1110 g/mol. The van der Waals surface area contributed by atoms with Gasteiger partial charge in [0, 0.05) is 19.3 Å². The molecule has 0 aromatic heterocycles. The number of carbonyl (C=O) groups excluding carboxylic acids is 3. The Balaban J connectivity index is 4.16. The van der Waals surface area contributed by atoms with Crippen LogP contribution in [0.4, 0.5) is 0 Å². The van der Waals surface area contributed by atoms with Gasteiger partial charge in [-0.1, -0.05) is 307 Å². The molecule has 0 saturated heterocycles. The summed E-state index contributed by atoms with van der Waals surface area (Å²) < 4.78 is 17.0. The lowest BCUT2D eigenvalue weighted by molar-refractivity contribution is -0.167. The van der Waals surface area contributed by atoms with Gasteiger partial charge in [0.25, 0.3) is 0 Å². The summed E-state index contributed by atoms with van der Waals surface area (Å²) in [5.74, 6) is -0.863. The van der Waals surface area contributed by atoms with Crippen molar-refractivity contribution in [3.8, 4) is 0 Å². The summed E-state index contributed by atoms with van der Waals surface area (Å²) in [6, 6.07) is 0. The van der Waals surface area contributed by atoms with Crippen LogP contribution in [0.3, 0.4) is 0 Å². The molecule has 0 aliphatic rings. The van der Waals surface area contributed by atoms with Crippen molar-refractivity contribution in [2.24, 2.45) is 0 Å². The van der Waals surface area contributed by atoms with Gasteiger partial charge in [0.1, 0.15) is 13.2 Å². The third-order valence-electron chi connectivity index (χ3n) is 15.8. The average molecular weight is 1110 g/mol. The number of rotatable bonds is 65. The van der Waals surface area contributed by atoms with E-state index in [0.717, 1.165) is 70.6 Å². The summed E-state index contributed by atoms with van der Waals surface area (Å²) in [4.78, 5) is 38.3. The molecule has 79 heavy (non-hydrogen) atoms. The number of carbonyl (C=O) groups is 3. The maximum atomic E-state index is 12.9. The van der Waals surface area contributed by atoms with Gasteiger partial charge < -0.3 is 14.2 Å². The third kappa shape index (κ3) is 66.1. The van der Waals surface area contributed by atoms with Gasteiger partial charge in [-0.25, -0.2) is 0 Å². The van der Waals surface area contributed by atoms with Gasteiger partial charge in [-0.15, -0.1) is 0 Å². The molecule has 0 spiro atoms. The lowest BCUT2D eigenvalue weighted by Crippen LogP contribution is -2.30. The van der Waals surface area contributed by atoms with E-state index < -0.39 is 6.10 Å². The van der Waals surface area contributed by atoms with E-state index in [1.54, 1.807) is 0 Å². The maximum absolute atomic E-state index is 12.9. The molecule has 6 heteroatoms. The molecular formula is C73H134O6. The molecule has 1 unspecified atom stereocenters. The molecule has 462 valence electrons. The third-order valence-corrected chi connectivity index (χ3v) is 15.8. The van der Waals surface area contributed by atoms with Crippen molar-refractivity contribution in [3.05, 3.63) is 48.6 Å². The molecule has 0 aliphatic carbocycles. The SMILES string of the molecule is CCCCCC/C=C\CCCCCCCC(=O)OCC(COC(=O)CCCCCCCCCCCCCCCCCCCCC/C=C\C/C=C\CCCCCCC)OC(=O)CCCCCCCCC/C=C\CCCCCCCC. The molecule has 0 aliphatic heterocycles. The van der Waals surface area contributed by atoms with E-state index in [1.165, 1.54) is 270 Å². The lowest BCUT2D eigenvalue weighted by atomic mass is 10.0. The normalized spacial score (nSPS) is 12.3. The van der Waals surface area contributed by atoms with E-state index in [-0.39, 0.29) is 31.1 Å². The largest absolute Gasteiger partial charge is 0.462 e. The zero-order valence-electron chi connectivity index (χ0n) is 53.2. The molecule has 0 aromatic rings. The highest BCUT2D eigenvalue weighted by atomic mass is 16.6. The highest BCUT2D eigenvalue weighted by molar-refractivity contribution is 5.71. The van der Waals surface area contributed by atoms with Crippen LogP contribution in [0.1, 0.15) is 380 Å². The van der Waals surface area contributed by atoms with Gasteiger partial charge in [-0.3, -0.25) is 14.4 Å². The number of ether oxygens (including phenoxy) is 3. The van der Waals surface area contributed by atoms with Crippen molar-refractivity contribution < 1.29 is 28.6 Å². The Morgan fingerprint density at radius 1 is 0.253 bits per heavy atom. The number of esters is 3. The van der Waals surface area contributed by atoms with Crippen LogP contribution in [-0.4, -0.2) is 37.2 Å². The topological polar surface area (TPSA) is 78.9 Å². The van der Waals surface area contributed by atoms with Gasteiger partial charge in [0.15, 0.2) is 6.10 Å². The first-order valence-corrected chi connectivity index (χ1v) is 35.1. The number of hydrogen-bond acceptors (Lipinski definition) is 6. The van der Waals surface area contributed by atoms with Crippen LogP contribution in [0, 0.1) is 0 Å². The summed E-state index contributed by atoms with van der Waals surface area (Å²) in [5.41, 5.74) is 0. The quantitative estimate of drug-likeness (QED) is 0.0261. The minimum Gasteiger partial charge on any atom is -0.462 e. The van der Waals surface area contributed by atoms with Crippen LogP contribution in [0.2, 0.25) is 0 Å². The van der Waals surface area contributed by atoms with Crippen LogP contribution in [0.25, 0.3) is 0 Å². The van der Waals surface area contributed by atoms with E-state index in [0.29, 0.717) is 19.3 Å². The molecule has 0 radical (unpaired) electrons. The molecular weight excluding hydrogens is 973 g/mol. The Labute approximate surface area is 492 Å². The first kappa shape index (κ1) is 76.4. The van der Waals surface area contributed by atoms with Crippen LogP contribution in [-0.2, 0) is 28.6 Å². The second kappa shape index (κ2) is 67.9. The predicted octanol–water partition coefficient (Wildman–Crippen LogP) is 24.1. The predicted molar refractivity (Wildman–Crippen MR) is 344 cm³/mol. The molecule has 0 heterocycles. The van der Waals surface area contributed by atoms with E-state index >= 15 is 0 Å². The number of unbranched alkanes of at least 4 members (excludes halogenated alkanes) is 46. The fourth-order valence-electron chi connectivity index (χ4n) is 10.5. The Hall–Kier alpha value is -2.63. The molecule has 0 aromatic carbocycles. The highest BCUT2D eigenvalue weighted by Gasteiger charge is 2.19.